The van der Waals surface area contributed by atoms with Crippen LogP contribution in [0.4, 0.5) is 0 Å². The number of halogens is 2. The molecule has 3 aromatic carbocycles. The van der Waals surface area contributed by atoms with Crippen LogP contribution in [0.3, 0.4) is 0 Å². The zero-order valence-corrected chi connectivity index (χ0v) is 20.0. The van der Waals surface area contributed by atoms with Crippen molar-refractivity contribution in [3.8, 4) is 0 Å². The summed E-state index contributed by atoms with van der Waals surface area (Å²) in [4.78, 5) is 39.2. The fraction of sp³-hybridized carbons (Fsp3) is 0.0870. The summed E-state index contributed by atoms with van der Waals surface area (Å²) < 4.78 is 27.8. The normalized spacial score (nSPS) is 11.5. The van der Waals surface area contributed by atoms with E-state index in [9.17, 15) is 22.8 Å². The standard InChI is InChI=1S/C23H17Cl2N3O5S/c1-15(29)26(14-16-5-3-2-4-6-16)27-21-13-18(25)9-12-20(21)22(30)28(23(27)31)34(32,33)19-10-7-17(24)8-11-19/h2-13H,14H2,1H3. The number of benzene rings is 3. The Balaban J connectivity index is 2.08. The Bertz CT molecular complexity index is 1630. The van der Waals surface area contributed by atoms with E-state index in [1.807, 2.05) is 0 Å². The minimum absolute atomic E-state index is 0.00353. The SMILES string of the molecule is CC(=O)N(Cc1ccccc1)n1c(=O)n(S(=O)(=O)c2ccc(Cl)cc2)c(=O)c2ccc(Cl)cc21. The molecule has 0 radical (unpaired) electrons. The van der Waals surface area contributed by atoms with Gasteiger partial charge in [-0.2, -0.15) is 4.68 Å². The molecule has 1 aromatic heterocycles. The van der Waals surface area contributed by atoms with E-state index in [2.05, 4.69) is 0 Å². The first-order valence-electron chi connectivity index (χ1n) is 9.92. The molecule has 4 rings (SSSR count). The summed E-state index contributed by atoms with van der Waals surface area (Å²) in [6.45, 7) is 1.17. The van der Waals surface area contributed by atoms with Crippen LogP contribution in [-0.2, 0) is 21.4 Å². The number of nitrogens with zero attached hydrogens (tertiary/aromatic N) is 3. The molecule has 0 aliphatic heterocycles. The van der Waals surface area contributed by atoms with E-state index in [-0.39, 0.29) is 36.4 Å². The molecule has 0 fully saturated rings. The van der Waals surface area contributed by atoms with Crippen molar-refractivity contribution in [3.63, 3.8) is 0 Å². The molecular formula is C23H17Cl2N3O5S. The van der Waals surface area contributed by atoms with Crippen LogP contribution in [-0.4, -0.2) is 23.0 Å². The zero-order valence-electron chi connectivity index (χ0n) is 17.7. The van der Waals surface area contributed by atoms with Gasteiger partial charge in [-0.3, -0.25) is 9.59 Å². The van der Waals surface area contributed by atoms with Gasteiger partial charge in [-0.25, -0.2) is 18.2 Å². The largest absolute Gasteiger partial charge is 0.365 e. The molecule has 0 saturated heterocycles. The predicted octanol–water partition coefficient (Wildman–Crippen LogP) is 3.39. The van der Waals surface area contributed by atoms with Crippen LogP contribution < -0.4 is 16.3 Å². The second-order valence-corrected chi connectivity index (χ2v) is 10.0. The molecule has 174 valence electrons. The Hall–Kier alpha value is -3.40. The number of carbonyl (C=O) groups is 1. The van der Waals surface area contributed by atoms with Crippen LogP contribution in [0, 0.1) is 0 Å². The van der Waals surface area contributed by atoms with Crippen LogP contribution in [0.15, 0.2) is 87.3 Å². The van der Waals surface area contributed by atoms with Crippen molar-refractivity contribution in [2.24, 2.45) is 0 Å². The van der Waals surface area contributed by atoms with Crippen LogP contribution in [0.2, 0.25) is 10.0 Å². The maximum Gasteiger partial charge on any atom is 0.365 e. The van der Waals surface area contributed by atoms with E-state index in [0.717, 1.165) is 9.69 Å². The highest BCUT2D eigenvalue weighted by molar-refractivity contribution is 7.90. The highest BCUT2D eigenvalue weighted by atomic mass is 35.5. The molecule has 1 heterocycles. The molecule has 0 saturated carbocycles. The van der Waals surface area contributed by atoms with Crippen molar-refractivity contribution in [1.29, 1.82) is 0 Å². The van der Waals surface area contributed by atoms with Crippen molar-refractivity contribution in [2.45, 2.75) is 18.4 Å². The third-order valence-electron chi connectivity index (χ3n) is 5.09. The number of amides is 1. The minimum atomic E-state index is -4.63. The first kappa shape index (κ1) is 23.7. The quantitative estimate of drug-likeness (QED) is 0.404. The first-order valence-corrected chi connectivity index (χ1v) is 12.1. The maximum atomic E-state index is 13.6. The van der Waals surface area contributed by atoms with E-state index >= 15 is 0 Å². The van der Waals surface area contributed by atoms with Gasteiger partial charge in [0, 0.05) is 17.0 Å². The first-order chi connectivity index (χ1) is 16.1. The molecule has 0 spiro atoms. The molecule has 0 unspecified atom stereocenters. The van der Waals surface area contributed by atoms with Crippen LogP contribution in [0.1, 0.15) is 12.5 Å². The second kappa shape index (κ2) is 9.09. The van der Waals surface area contributed by atoms with E-state index < -0.39 is 27.2 Å². The Morgan fingerprint density at radius 1 is 0.912 bits per heavy atom. The van der Waals surface area contributed by atoms with Gasteiger partial charge >= 0.3 is 5.69 Å². The lowest BCUT2D eigenvalue weighted by Gasteiger charge is -2.25. The van der Waals surface area contributed by atoms with Gasteiger partial charge < -0.3 is 0 Å². The molecule has 0 bridgehead atoms. The van der Waals surface area contributed by atoms with Gasteiger partial charge in [0.05, 0.1) is 22.3 Å². The second-order valence-electron chi connectivity index (χ2n) is 7.35. The molecule has 0 aliphatic carbocycles. The summed E-state index contributed by atoms with van der Waals surface area (Å²) in [6, 6.07) is 17.9. The molecule has 0 aliphatic rings. The number of carbonyl (C=O) groups excluding carboxylic acids is 1. The number of rotatable bonds is 5. The summed E-state index contributed by atoms with van der Waals surface area (Å²) in [7, 11) is -4.63. The molecule has 0 atom stereocenters. The summed E-state index contributed by atoms with van der Waals surface area (Å²) in [5.41, 5.74) is -1.62. The summed E-state index contributed by atoms with van der Waals surface area (Å²) >= 11 is 12.0. The summed E-state index contributed by atoms with van der Waals surface area (Å²) in [6.07, 6.45) is 0. The highest BCUT2D eigenvalue weighted by Gasteiger charge is 2.28. The molecular weight excluding hydrogens is 501 g/mol. The maximum absolute atomic E-state index is 13.6. The third kappa shape index (κ3) is 4.25. The van der Waals surface area contributed by atoms with Gasteiger partial charge in [-0.15, -0.1) is 3.97 Å². The average Bonchev–Trinajstić information content (AvgIpc) is 2.79. The summed E-state index contributed by atoms with van der Waals surface area (Å²) in [5.74, 6) is -0.554. The van der Waals surface area contributed by atoms with Gasteiger partial charge in [-0.05, 0) is 48.0 Å². The summed E-state index contributed by atoms with van der Waals surface area (Å²) in [5, 5.41) is 1.42. The van der Waals surface area contributed by atoms with Crippen LogP contribution >= 0.6 is 23.2 Å². The predicted molar refractivity (Wildman–Crippen MR) is 131 cm³/mol. The molecule has 0 N–H and O–H groups in total. The number of fused-ring (bicyclic) bond motifs is 1. The molecule has 1 amide bonds. The van der Waals surface area contributed by atoms with E-state index in [1.54, 1.807) is 30.3 Å². The number of aromatic nitrogens is 2. The van der Waals surface area contributed by atoms with E-state index in [1.165, 1.54) is 49.4 Å². The Labute approximate surface area is 204 Å². The van der Waals surface area contributed by atoms with Crippen molar-refractivity contribution in [3.05, 3.63) is 109 Å². The average molecular weight is 518 g/mol. The highest BCUT2D eigenvalue weighted by Crippen LogP contribution is 2.19. The Morgan fingerprint density at radius 3 is 2.15 bits per heavy atom. The smallest absolute Gasteiger partial charge is 0.273 e. The van der Waals surface area contributed by atoms with Crippen molar-refractivity contribution < 1.29 is 13.2 Å². The zero-order chi connectivity index (χ0) is 24.6. The van der Waals surface area contributed by atoms with E-state index in [0.29, 0.717) is 5.56 Å². The van der Waals surface area contributed by atoms with Crippen molar-refractivity contribution >= 4 is 50.0 Å². The van der Waals surface area contributed by atoms with E-state index in [4.69, 9.17) is 23.2 Å². The topological polar surface area (TPSA) is 98.4 Å². The fourth-order valence-corrected chi connectivity index (χ4v) is 5.07. The lowest BCUT2D eigenvalue weighted by atomic mass is 10.2. The number of hydrogen-bond acceptors (Lipinski definition) is 5. The van der Waals surface area contributed by atoms with Crippen molar-refractivity contribution in [2.75, 3.05) is 5.01 Å². The van der Waals surface area contributed by atoms with Gasteiger partial charge in [-0.1, -0.05) is 53.5 Å². The van der Waals surface area contributed by atoms with Gasteiger partial charge in [0.15, 0.2) is 0 Å². The lowest BCUT2D eigenvalue weighted by molar-refractivity contribution is -0.118. The Morgan fingerprint density at radius 2 is 1.53 bits per heavy atom. The molecule has 4 aromatic rings. The molecule has 34 heavy (non-hydrogen) atoms. The lowest BCUT2D eigenvalue weighted by Crippen LogP contribution is -2.52. The van der Waals surface area contributed by atoms with Crippen molar-refractivity contribution in [1.82, 2.24) is 8.65 Å². The molecule has 8 nitrogen and oxygen atoms in total. The van der Waals surface area contributed by atoms with Gasteiger partial charge in [0.25, 0.3) is 15.6 Å². The minimum Gasteiger partial charge on any atom is -0.273 e. The van der Waals surface area contributed by atoms with Gasteiger partial charge in [0.2, 0.25) is 5.91 Å². The van der Waals surface area contributed by atoms with Gasteiger partial charge in [0.1, 0.15) is 0 Å². The third-order valence-corrected chi connectivity index (χ3v) is 7.25. The monoisotopic (exact) mass is 517 g/mol. The Kier molecular flexibility index (Phi) is 6.35. The number of hydrogen-bond donors (Lipinski definition) is 0. The van der Waals surface area contributed by atoms with Crippen LogP contribution in [0.5, 0.6) is 0 Å². The molecule has 11 heteroatoms. The van der Waals surface area contributed by atoms with Crippen LogP contribution in [0.25, 0.3) is 10.9 Å². The fourth-order valence-electron chi connectivity index (χ4n) is 3.48.